The van der Waals surface area contributed by atoms with E-state index >= 15 is 0 Å². The highest BCUT2D eigenvalue weighted by Gasteiger charge is 2.30. The van der Waals surface area contributed by atoms with Crippen molar-refractivity contribution in [1.82, 2.24) is 9.21 Å². The van der Waals surface area contributed by atoms with Gasteiger partial charge in [-0.3, -0.25) is 0 Å². The van der Waals surface area contributed by atoms with Gasteiger partial charge in [0.15, 0.2) is 0 Å². The molecule has 1 aliphatic rings. The molecule has 1 aliphatic heterocycles. The van der Waals surface area contributed by atoms with E-state index in [2.05, 4.69) is 4.90 Å². The van der Waals surface area contributed by atoms with Gasteiger partial charge in [0, 0.05) is 19.1 Å². The monoisotopic (exact) mass is 311 g/mol. The Morgan fingerprint density at radius 3 is 2.48 bits per heavy atom. The van der Waals surface area contributed by atoms with Crippen molar-refractivity contribution in [2.24, 2.45) is 0 Å². The molecule has 0 aromatic heterocycles. The van der Waals surface area contributed by atoms with Gasteiger partial charge in [-0.25, -0.2) is 12.8 Å². The molecule has 0 saturated carbocycles. The summed E-state index contributed by atoms with van der Waals surface area (Å²) in [5.41, 5.74) is -0.251. The summed E-state index contributed by atoms with van der Waals surface area (Å²) >= 11 is 0. The first-order valence-electron chi connectivity index (χ1n) is 6.72. The van der Waals surface area contributed by atoms with Gasteiger partial charge in [-0.15, -0.1) is 0 Å². The third kappa shape index (κ3) is 3.23. The van der Waals surface area contributed by atoms with E-state index in [9.17, 15) is 12.8 Å². The fourth-order valence-electron chi connectivity index (χ4n) is 2.50. The largest absolute Gasteiger partial charge is 0.306 e. The zero-order valence-electron chi connectivity index (χ0n) is 12.1. The Hall–Kier alpha value is -1.49. The average Bonchev–Trinajstić information content (AvgIpc) is 2.47. The summed E-state index contributed by atoms with van der Waals surface area (Å²) in [4.78, 5) is 2.07. The van der Waals surface area contributed by atoms with Crippen molar-refractivity contribution in [2.75, 3.05) is 27.2 Å². The minimum atomic E-state index is -3.66. The summed E-state index contributed by atoms with van der Waals surface area (Å²) in [5.74, 6) is -0.706. The topological polar surface area (TPSA) is 64.4 Å². The molecule has 0 unspecified atom stereocenters. The standard InChI is InChI=1S/C14H18FN3O2S/c1-17(2)12-5-7-18(8-6-12)21(19,20)13-3-4-14(15)11(9-13)10-16/h3-4,9,12H,5-8H2,1-2H3. The van der Waals surface area contributed by atoms with Crippen molar-refractivity contribution >= 4 is 10.0 Å². The van der Waals surface area contributed by atoms with Crippen LogP contribution in [0.4, 0.5) is 4.39 Å². The van der Waals surface area contributed by atoms with E-state index in [0.29, 0.717) is 19.1 Å². The molecule has 2 rings (SSSR count). The van der Waals surface area contributed by atoms with Crippen LogP contribution in [0.2, 0.25) is 0 Å². The number of piperidine rings is 1. The second-order valence-electron chi connectivity index (χ2n) is 5.35. The molecular weight excluding hydrogens is 293 g/mol. The summed E-state index contributed by atoms with van der Waals surface area (Å²) in [7, 11) is 0.297. The molecule has 1 aromatic rings. The van der Waals surface area contributed by atoms with Gasteiger partial charge in [-0.1, -0.05) is 0 Å². The lowest BCUT2D eigenvalue weighted by Gasteiger charge is -2.34. The SMILES string of the molecule is CN(C)C1CCN(S(=O)(=O)c2ccc(F)c(C#N)c2)CC1. The van der Waals surface area contributed by atoms with Gasteiger partial charge >= 0.3 is 0 Å². The van der Waals surface area contributed by atoms with Crippen LogP contribution in [0.3, 0.4) is 0 Å². The fourth-order valence-corrected chi connectivity index (χ4v) is 3.99. The fraction of sp³-hybridized carbons (Fsp3) is 0.500. The quantitative estimate of drug-likeness (QED) is 0.847. The molecule has 0 N–H and O–H groups in total. The van der Waals surface area contributed by atoms with Crippen LogP contribution in [-0.4, -0.2) is 50.8 Å². The van der Waals surface area contributed by atoms with Crippen LogP contribution in [0.25, 0.3) is 0 Å². The number of nitriles is 1. The Morgan fingerprint density at radius 2 is 1.95 bits per heavy atom. The molecule has 1 heterocycles. The lowest BCUT2D eigenvalue weighted by molar-refractivity contribution is 0.196. The zero-order valence-corrected chi connectivity index (χ0v) is 12.9. The van der Waals surface area contributed by atoms with Gasteiger partial charge in [0.1, 0.15) is 11.9 Å². The van der Waals surface area contributed by atoms with Gasteiger partial charge in [-0.2, -0.15) is 9.57 Å². The van der Waals surface area contributed by atoms with Crippen molar-refractivity contribution in [3.05, 3.63) is 29.6 Å². The molecule has 0 atom stereocenters. The van der Waals surface area contributed by atoms with Gasteiger partial charge in [-0.05, 0) is 45.1 Å². The number of hydrogen-bond acceptors (Lipinski definition) is 4. The lowest BCUT2D eigenvalue weighted by atomic mass is 10.1. The minimum absolute atomic E-state index is 0.0243. The van der Waals surface area contributed by atoms with Crippen LogP contribution < -0.4 is 0 Å². The lowest BCUT2D eigenvalue weighted by Crippen LogP contribution is -2.44. The van der Waals surface area contributed by atoms with E-state index in [1.165, 1.54) is 10.4 Å². The predicted molar refractivity (Wildman–Crippen MR) is 76.6 cm³/mol. The maximum Gasteiger partial charge on any atom is 0.243 e. The first kappa shape index (κ1) is 15.9. The minimum Gasteiger partial charge on any atom is -0.306 e. The number of sulfonamides is 1. The Morgan fingerprint density at radius 1 is 1.33 bits per heavy atom. The Kier molecular flexibility index (Phi) is 4.61. The van der Waals surface area contributed by atoms with E-state index in [1.54, 1.807) is 6.07 Å². The molecule has 21 heavy (non-hydrogen) atoms. The third-order valence-corrected chi connectivity index (χ3v) is 5.74. The normalized spacial score (nSPS) is 17.9. The molecule has 5 nitrogen and oxygen atoms in total. The molecule has 7 heteroatoms. The molecule has 0 spiro atoms. The van der Waals surface area contributed by atoms with Gasteiger partial charge in [0.25, 0.3) is 0 Å². The van der Waals surface area contributed by atoms with Gasteiger partial charge < -0.3 is 4.90 Å². The van der Waals surface area contributed by atoms with Gasteiger partial charge in [0.2, 0.25) is 10.0 Å². The van der Waals surface area contributed by atoms with E-state index < -0.39 is 15.8 Å². The van der Waals surface area contributed by atoms with E-state index in [0.717, 1.165) is 25.0 Å². The van der Waals surface area contributed by atoms with Crippen LogP contribution in [-0.2, 0) is 10.0 Å². The van der Waals surface area contributed by atoms with Crippen molar-refractivity contribution in [1.29, 1.82) is 5.26 Å². The van der Waals surface area contributed by atoms with E-state index in [-0.39, 0.29) is 10.5 Å². The Balaban J connectivity index is 2.22. The molecule has 114 valence electrons. The molecule has 0 radical (unpaired) electrons. The summed E-state index contributed by atoms with van der Waals surface area (Å²) in [6.45, 7) is 0.870. The van der Waals surface area contributed by atoms with Crippen LogP contribution in [0.15, 0.2) is 23.1 Å². The number of benzene rings is 1. The van der Waals surface area contributed by atoms with Gasteiger partial charge in [0.05, 0.1) is 10.5 Å². The number of halogens is 1. The number of nitrogens with zero attached hydrogens (tertiary/aromatic N) is 3. The maximum atomic E-state index is 13.3. The molecule has 0 amide bonds. The zero-order chi connectivity index (χ0) is 15.6. The summed E-state index contributed by atoms with van der Waals surface area (Å²) < 4.78 is 39.8. The number of hydrogen-bond donors (Lipinski definition) is 0. The Bertz CT molecular complexity index is 659. The third-order valence-electron chi connectivity index (χ3n) is 3.85. The summed E-state index contributed by atoms with van der Waals surface area (Å²) in [6, 6.07) is 5.38. The van der Waals surface area contributed by atoms with Crippen molar-refractivity contribution < 1.29 is 12.8 Å². The Labute approximate surface area is 124 Å². The maximum absolute atomic E-state index is 13.3. The van der Waals surface area contributed by atoms with Crippen molar-refractivity contribution in [3.63, 3.8) is 0 Å². The van der Waals surface area contributed by atoms with Crippen LogP contribution in [0.1, 0.15) is 18.4 Å². The molecule has 1 aromatic carbocycles. The smallest absolute Gasteiger partial charge is 0.243 e. The molecule has 0 bridgehead atoms. The van der Waals surface area contributed by atoms with Crippen LogP contribution in [0.5, 0.6) is 0 Å². The first-order valence-corrected chi connectivity index (χ1v) is 8.16. The molecule has 1 saturated heterocycles. The van der Waals surface area contributed by atoms with Crippen LogP contribution >= 0.6 is 0 Å². The molecular formula is C14H18FN3O2S. The highest BCUT2D eigenvalue weighted by atomic mass is 32.2. The first-order chi connectivity index (χ1) is 9.86. The van der Waals surface area contributed by atoms with Crippen molar-refractivity contribution in [2.45, 2.75) is 23.8 Å². The highest BCUT2D eigenvalue weighted by molar-refractivity contribution is 7.89. The molecule has 1 fully saturated rings. The second-order valence-corrected chi connectivity index (χ2v) is 7.29. The second kappa shape index (κ2) is 6.10. The van der Waals surface area contributed by atoms with E-state index in [4.69, 9.17) is 5.26 Å². The predicted octanol–water partition coefficient (Wildman–Crippen LogP) is 1.41. The molecule has 0 aliphatic carbocycles. The van der Waals surface area contributed by atoms with E-state index in [1.807, 2.05) is 14.1 Å². The average molecular weight is 311 g/mol. The van der Waals surface area contributed by atoms with Crippen LogP contribution in [0, 0.1) is 17.1 Å². The number of rotatable bonds is 3. The summed E-state index contributed by atoms with van der Waals surface area (Å²) in [5, 5.41) is 8.81. The van der Waals surface area contributed by atoms with Crippen molar-refractivity contribution in [3.8, 4) is 6.07 Å². The summed E-state index contributed by atoms with van der Waals surface area (Å²) in [6.07, 6.45) is 1.52. The highest BCUT2D eigenvalue weighted by Crippen LogP contribution is 2.23.